The monoisotopic (exact) mass is 299 g/mol. The van der Waals surface area contributed by atoms with Gasteiger partial charge in [-0.1, -0.05) is 30.3 Å². The van der Waals surface area contributed by atoms with Crippen LogP contribution in [0.25, 0.3) is 0 Å². The van der Waals surface area contributed by atoms with E-state index < -0.39 is 0 Å². The van der Waals surface area contributed by atoms with Crippen molar-refractivity contribution in [2.75, 3.05) is 18.5 Å². The van der Waals surface area contributed by atoms with Gasteiger partial charge in [0, 0.05) is 25.2 Å². The molecule has 5 nitrogen and oxygen atoms in total. The molecule has 3 rings (SSSR count). The average Bonchev–Trinajstić information content (AvgIpc) is 3.04. The van der Waals surface area contributed by atoms with E-state index in [9.17, 15) is 4.79 Å². The molecule has 1 aliphatic heterocycles. The number of ether oxygens (including phenoxy) is 1. The van der Waals surface area contributed by atoms with Crippen LogP contribution in [0.1, 0.15) is 31.4 Å². The molecular weight excluding hydrogens is 278 g/mol. The molecule has 1 aromatic carbocycles. The molecule has 22 heavy (non-hydrogen) atoms. The van der Waals surface area contributed by atoms with Gasteiger partial charge in [0.2, 0.25) is 5.91 Å². The molecule has 2 heterocycles. The molecule has 1 amide bonds. The lowest BCUT2D eigenvalue weighted by Crippen LogP contribution is -2.29. The smallest absolute Gasteiger partial charge is 0.228 e. The highest BCUT2D eigenvalue weighted by Gasteiger charge is 2.23. The Morgan fingerprint density at radius 2 is 2.00 bits per heavy atom. The van der Waals surface area contributed by atoms with E-state index in [4.69, 9.17) is 4.74 Å². The zero-order valence-corrected chi connectivity index (χ0v) is 12.7. The first-order valence-corrected chi connectivity index (χ1v) is 7.73. The highest BCUT2D eigenvalue weighted by molar-refractivity contribution is 5.91. The van der Waals surface area contributed by atoms with Gasteiger partial charge in [0.25, 0.3) is 0 Å². The van der Waals surface area contributed by atoms with Crippen LogP contribution in [0.5, 0.6) is 0 Å². The summed E-state index contributed by atoms with van der Waals surface area (Å²) in [4.78, 5) is 12.4. The zero-order chi connectivity index (χ0) is 15.4. The fourth-order valence-electron chi connectivity index (χ4n) is 2.78. The lowest BCUT2D eigenvalue weighted by molar-refractivity contribution is -0.122. The number of anilines is 1. The predicted octanol–water partition coefficient (Wildman–Crippen LogP) is 2.86. The fourth-order valence-corrected chi connectivity index (χ4v) is 2.78. The number of amides is 1. The summed E-state index contributed by atoms with van der Waals surface area (Å²) < 4.78 is 7.16. The number of hydrogen-bond acceptors (Lipinski definition) is 3. The van der Waals surface area contributed by atoms with Crippen molar-refractivity contribution in [3.8, 4) is 0 Å². The number of carbonyl (C=O) groups excluding carboxylic acids is 1. The van der Waals surface area contributed by atoms with Crippen LogP contribution >= 0.6 is 0 Å². The van der Waals surface area contributed by atoms with Gasteiger partial charge in [-0.25, -0.2) is 4.68 Å². The third-order valence-corrected chi connectivity index (χ3v) is 4.16. The largest absolute Gasteiger partial charge is 0.381 e. The summed E-state index contributed by atoms with van der Waals surface area (Å²) in [5, 5.41) is 7.38. The average molecular weight is 299 g/mol. The molecule has 0 spiro atoms. The molecule has 1 saturated heterocycles. The van der Waals surface area contributed by atoms with Crippen molar-refractivity contribution in [2.45, 2.75) is 25.8 Å². The normalized spacial score (nSPS) is 17.1. The second-order valence-corrected chi connectivity index (χ2v) is 5.62. The molecule has 0 aliphatic carbocycles. The van der Waals surface area contributed by atoms with Crippen molar-refractivity contribution in [3.63, 3.8) is 0 Å². The van der Waals surface area contributed by atoms with Crippen LogP contribution in [0.15, 0.2) is 42.6 Å². The quantitative estimate of drug-likeness (QED) is 0.944. The summed E-state index contributed by atoms with van der Waals surface area (Å²) >= 11 is 0. The number of nitrogens with zero attached hydrogens (tertiary/aromatic N) is 2. The SMILES string of the molecule is CC(c1ccccc1)n1nccc1NC(=O)C1CCOCC1. The van der Waals surface area contributed by atoms with Gasteiger partial charge in [0.15, 0.2) is 0 Å². The first kappa shape index (κ1) is 14.8. The lowest BCUT2D eigenvalue weighted by Gasteiger charge is -2.22. The summed E-state index contributed by atoms with van der Waals surface area (Å²) in [5.41, 5.74) is 1.16. The van der Waals surface area contributed by atoms with Crippen molar-refractivity contribution >= 4 is 11.7 Å². The van der Waals surface area contributed by atoms with Gasteiger partial charge in [-0.3, -0.25) is 4.79 Å². The molecular formula is C17H21N3O2. The summed E-state index contributed by atoms with van der Waals surface area (Å²) in [6.07, 6.45) is 3.29. The van der Waals surface area contributed by atoms with Crippen molar-refractivity contribution in [2.24, 2.45) is 5.92 Å². The minimum absolute atomic E-state index is 0.0316. The van der Waals surface area contributed by atoms with Gasteiger partial charge in [-0.2, -0.15) is 5.10 Å². The van der Waals surface area contributed by atoms with E-state index in [1.807, 2.05) is 28.9 Å². The number of carbonyl (C=O) groups is 1. The molecule has 5 heteroatoms. The van der Waals surface area contributed by atoms with Crippen molar-refractivity contribution in [3.05, 3.63) is 48.2 Å². The molecule has 1 fully saturated rings. The Bertz CT molecular complexity index is 618. The summed E-state index contributed by atoms with van der Waals surface area (Å²) in [7, 11) is 0. The summed E-state index contributed by atoms with van der Waals surface area (Å²) in [6, 6.07) is 12.1. The molecule has 0 saturated carbocycles. The molecule has 0 radical (unpaired) electrons. The molecule has 1 atom stereocenters. The Balaban J connectivity index is 1.73. The van der Waals surface area contributed by atoms with Gasteiger partial charge >= 0.3 is 0 Å². The zero-order valence-electron chi connectivity index (χ0n) is 12.7. The molecule has 1 aliphatic rings. The Morgan fingerprint density at radius 1 is 1.27 bits per heavy atom. The fraction of sp³-hybridized carbons (Fsp3) is 0.412. The number of aromatic nitrogens is 2. The van der Waals surface area contributed by atoms with E-state index in [-0.39, 0.29) is 17.9 Å². The van der Waals surface area contributed by atoms with E-state index in [1.165, 1.54) is 0 Å². The minimum Gasteiger partial charge on any atom is -0.381 e. The van der Waals surface area contributed by atoms with E-state index in [2.05, 4.69) is 29.5 Å². The van der Waals surface area contributed by atoms with Crippen LogP contribution < -0.4 is 5.32 Å². The van der Waals surface area contributed by atoms with Crippen LogP contribution in [-0.4, -0.2) is 28.9 Å². The van der Waals surface area contributed by atoms with Crippen LogP contribution in [0.2, 0.25) is 0 Å². The Kier molecular flexibility index (Phi) is 4.53. The van der Waals surface area contributed by atoms with Gasteiger partial charge in [-0.15, -0.1) is 0 Å². The van der Waals surface area contributed by atoms with E-state index in [0.717, 1.165) is 24.2 Å². The lowest BCUT2D eigenvalue weighted by atomic mass is 9.99. The number of rotatable bonds is 4. The van der Waals surface area contributed by atoms with E-state index in [1.54, 1.807) is 6.20 Å². The van der Waals surface area contributed by atoms with Gasteiger partial charge in [0.1, 0.15) is 5.82 Å². The molecule has 1 aromatic heterocycles. The molecule has 2 aromatic rings. The highest BCUT2D eigenvalue weighted by Crippen LogP contribution is 2.23. The first-order valence-electron chi connectivity index (χ1n) is 7.73. The van der Waals surface area contributed by atoms with Gasteiger partial charge < -0.3 is 10.1 Å². The van der Waals surface area contributed by atoms with Crippen LogP contribution in [0.3, 0.4) is 0 Å². The third kappa shape index (κ3) is 3.20. The first-order chi connectivity index (χ1) is 10.8. The molecule has 116 valence electrons. The maximum absolute atomic E-state index is 12.4. The van der Waals surface area contributed by atoms with Crippen LogP contribution in [0, 0.1) is 5.92 Å². The number of benzene rings is 1. The summed E-state index contributed by atoms with van der Waals surface area (Å²) in [6.45, 7) is 3.40. The second-order valence-electron chi connectivity index (χ2n) is 5.62. The Hall–Kier alpha value is -2.14. The summed E-state index contributed by atoms with van der Waals surface area (Å²) in [5.74, 6) is 0.835. The predicted molar refractivity (Wildman–Crippen MR) is 84.7 cm³/mol. The molecule has 1 unspecified atom stereocenters. The number of nitrogens with one attached hydrogen (secondary N) is 1. The van der Waals surface area contributed by atoms with Crippen LogP contribution in [-0.2, 0) is 9.53 Å². The van der Waals surface area contributed by atoms with E-state index >= 15 is 0 Å². The molecule has 1 N–H and O–H groups in total. The Morgan fingerprint density at radius 3 is 2.73 bits per heavy atom. The number of hydrogen-bond donors (Lipinski definition) is 1. The molecule has 0 bridgehead atoms. The minimum atomic E-state index is 0.0316. The van der Waals surface area contributed by atoms with E-state index in [0.29, 0.717) is 13.2 Å². The van der Waals surface area contributed by atoms with Crippen molar-refractivity contribution in [1.29, 1.82) is 0 Å². The maximum Gasteiger partial charge on any atom is 0.228 e. The topological polar surface area (TPSA) is 56.2 Å². The van der Waals surface area contributed by atoms with Crippen molar-refractivity contribution in [1.82, 2.24) is 9.78 Å². The van der Waals surface area contributed by atoms with Crippen molar-refractivity contribution < 1.29 is 9.53 Å². The van der Waals surface area contributed by atoms with Crippen LogP contribution in [0.4, 0.5) is 5.82 Å². The van der Waals surface area contributed by atoms with Gasteiger partial charge in [-0.05, 0) is 25.3 Å². The third-order valence-electron chi connectivity index (χ3n) is 4.16. The standard InChI is InChI=1S/C17H21N3O2/c1-13(14-5-3-2-4-6-14)20-16(7-10-18-20)19-17(21)15-8-11-22-12-9-15/h2-7,10,13,15H,8-9,11-12H2,1H3,(H,19,21). The van der Waals surface area contributed by atoms with Gasteiger partial charge in [0.05, 0.1) is 12.2 Å². The highest BCUT2D eigenvalue weighted by atomic mass is 16.5. The second kappa shape index (κ2) is 6.75. The Labute approximate surface area is 130 Å². The maximum atomic E-state index is 12.4.